The molecule has 0 aromatic heterocycles. The van der Waals surface area contributed by atoms with Gasteiger partial charge < -0.3 is 23.2 Å². The average Bonchev–Trinajstić information content (AvgIpc) is 3.26. The summed E-state index contributed by atoms with van der Waals surface area (Å²) in [7, 11) is 4.94. The Labute approximate surface area is 454 Å². The van der Waals surface area contributed by atoms with Crippen LogP contribution in [0.25, 0.3) is 0 Å². The van der Waals surface area contributed by atoms with E-state index in [9.17, 15) is 5.11 Å². The second-order valence-corrected chi connectivity index (χ2v) is 30.2. The number of rotatable bonds is 2. The second kappa shape index (κ2) is 20.8. The molecule has 6 aromatic rings. The molecule has 0 spiro atoms. The molecule has 9 heteroatoms. The second-order valence-electron chi connectivity index (χ2n) is 27.0. The zero-order valence-electron chi connectivity index (χ0n) is 49.1. The van der Waals surface area contributed by atoms with Crippen molar-refractivity contribution in [3.8, 4) is 28.7 Å². The Morgan fingerprint density at radius 1 is 0.347 bits per heavy atom. The van der Waals surface area contributed by atoms with E-state index in [4.69, 9.17) is 18.1 Å². The highest BCUT2D eigenvalue weighted by Gasteiger charge is 2.36. The van der Waals surface area contributed by atoms with Crippen LogP contribution >= 0.6 is 17.1 Å². The van der Waals surface area contributed by atoms with Crippen LogP contribution in [0.2, 0.25) is 0 Å². The minimum atomic E-state index is -1.62. The van der Waals surface area contributed by atoms with Crippen LogP contribution in [0.5, 0.6) is 28.7 Å². The fourth-order valence-corrected chi connectivity index (χ4v) is 12.3. The van der Waals surface area contributed by atoms with Crippen LogP contribution in [0.4, 0.5) is 0 Å². The predicted molar refractivity (Wildman–Crippen MR) is 316 cm³/mol. The third kappa shape index (κ3) is 12.6. The predicted octanol–water partition coefficient (Wildman–Crippen LogP) is 17.3. The fourth-order valence-electron chi connectivity index (χ4n) is 9.97. The lowest BCUT2D eigenvalue weighted by molar-refractivity contribution is 0.404. The molecule has 0 unspecified atom stereocenters. The van der Waals surface area contributed by atoms with Crippen molar-refractivity contribution in [3.05, 3.63) is 180 Å². The van der Waals surface area contributed by atoms with Crippen molar-refractivity contribution in [1.29, 1.82) is 0 Å². The summed E-state index contributed by atoms with van der Waals surface area (Å²) in [4.78, 5) is 0. The molecule has 2 atom stereocenters. The quantitative estimate of drug-likeness (QED) is 0.173. The molecule has 5 heterocycles. The van der Waals surface area contributed by atoms with Crippen LogP contribution in [0.3, 0.4) is 0 Å². The summed E-state index contributed by atoms with van der Waals surface area (Å²) in [6.07, 6.45) is 2.80. The standard InChI is InChI=1S/C59H78N2O5P2.C7H8/c1-55(2,3)45-25-35-20-37-27-46(56(4,5)6)29-39-22-41-31-48(58(10,11)12)33-43(53(41)65-67(60(16)17)63-51(37)39)24-44-34-49(59(13,14)15)32-42-23-40-30-47(57(7,8)9)28-38(21-36(26-45)50(35)62)52(40)64-68(61(18)19)66-54(42)44;1-7-5-3-2-4-6-7/h25-34,62H,20-24H2,1-19H3;2-6H,1H3/t67-,68+;. The first-order chi connectivity index (χ1) is 34.7. The Kier molecular flexibility index (Phi) is 15.6. The van der Waals surface area contributed by atoms with Gasteiger partial charge in [0.05, 0.1) is 0 Å². The van der Waals surface area contributed by atoms with Crippen molar-refractivity contribution in [3.63, 3.8) is 0 Å². The van der Waals surface area contributed by atoms with Crippen molar-refractivity contribution in [2.75, 3.05) is 28.2 Å². The number of benzene rings is 6. The van der Waals surface area contributed by atoms with Crippen LogP contribution in [0, 0.1) is 6.92 Å². The maximum absolute atomic E-state index is 12.8. The number of nitrogens with zero attached hydrogens (tertiary/aromatic N) is 2. The monoisotopic (exact) mass is 1050 g/mol. The van der Waals surface area contributed by atoms with Crippen molar-refractivity contribution in [2.24, 2.45) is 0 Å². The molecule has 7 nitrogen and oxygen atoms in total. The normalized spacial score (nSPS) is 16.7. The Balaban J connectivity index is 0.000000986. The molecule has 12 rings (SSSR count). The maximum Gasteiger partial charge on any atom is 0.384 e. The molecule has 75 heavy (non-hydrogen) atoms. The van der Waals surface area contributed by atoms with Gasteiger partial charge in [0.2, 0.25) is 0 Å². The summed E-state index contributed by atoms with van der Waals surface area (Å²) in [6.45, 7) is 36.4. The molecular weight excluding hydrogens is 963 g/mol. The van der Waals surface area contributed by atoms with E-state index >= 15 is 0 Å². The van der Waals surface area contributed by atoms with Crippen LogP contribution in [-0.4, -0.2) is 42.6 Å². The molecule has 0 amide bonds. The molecule has 0 saturated heterocycles. The van der Waals surface area contributed by atoms with E-state index in [1.165, 1.54) is 33.4 Å². The van der Waals surface area contributed by atoms with Gasteiger partial charge in [0, 0.05) is 32.1 Å². The van der Waals surface area contributed by atoms with Crippen LogP contribution in [0.1, 0.15) is 193 Å². The highest BCUT2D eigenvalue weighted by Crippen LogP contribution is 2.55. The van der Waals surface area contributed by atoms with Gasteiger partial charge in [-0.05, 0) is 146 Å². The van der Waals surface area contributed by atoms with Gasteiger partial charge in [-0.2, -0.15) is 0 Å². The summed E-state index contributed by atoms with van der Waals surface area (Å²) >= 11 is 0. The van der Waals surface area contributed by atoms with Crippen molar-refractivity contribution in [2.45, 2.75) is 170 Å². The molecule has 0 radical (unpaired) electrons. The molecule has 1 aliphatic carbocycles. The van der Waals surface area contributed by atoms with Gasteiger partial charge in [-0.25, -0.2) is 9.34 Å². The highest BCUT2D eigenvalue weighted by atomic mass is 31.2. The smallest absolute Gasteiger partial charge is 0.384 e. The number of phenolic OH excluding ortho intramolecular Hbond substituents is 1. The number of hydrogen-bond donors (Lipinski definition) is 1. The third-order valence-electron chi connectivity index (χ3n) is 14.7. The lowest BCUT2D eigenvalue weighted by atomic mass is 9.79. The number of hydrogen-bond acceptors (Lipinski definition) is 7. The van der Waals surface area contributed by atoms with Crippen LogP contribution in [0.15, 0.2) is 91.0 Å². The minimum Gasteiger partial charge on any atom is -0.507 e. The zero-order chi connectivity index (χ0) is 54.9. The van der Waals surface area contributed by atoms with E-state index in [0.29, 0.717) is 37.9 Å². The molecule has 0 fully saturated rings. The Morgan fingerprint density at radius 3 is 0.720 bits per heavy atom. The Morgan fingerprint density at radius 2 is 0.547 bits per heavy atom. The van der Waals surface area contributed by atoms with Gasteiger partial charge in [0.25, 0.3) is 0 Å². The number of phenols is 1. The lowest BCUT2D eigenvalue weighted by Gasteiger charge is -2.34. The summed E-state index contributed by atoms with van der Waals surface area (Å²) < 4.78 is 33.4. The van der Waals surface area contributed by atoms with Crippen molar-refractivity contribution >= 4 is 17.1 Å². The molecule has 6 aromatic carbocycles. The SMILES string of the molecule is CN(C)[P@]1Oc2c3cc(C(C)(C)C)cc2Cc2cc(C(C)(C)C)cc(c2O1)Cc1cc(C(C)(C)C)cc2c1O[P@@](N(C)C)Oc1c(cc(C(C)(C)C)cc1C2)Cc1cc(C(C)(C)C)cc(c1O)C3.Cc1ccccc1. The Bertz CT molecular complexity index is 2910. The van der Waals surface area contributed by atoms with Gasteiger partial charge in [0.1, 0.15) is 28.7 Å². The first kappa shape index (κ1) is 56.3. The average molecular weight is 1050 g/mol. The summed E-state index contributed by atoms with van der Waals surface area (Å²) in [5, 5.41) is 12.8. The van der Waals surface area contributed by atoms with Crippen molar-refractivity contribution < 1.29 is 23.2 Å². The number of aryl methyl sites for hydroxylation is 1. The molecular formula is C66H86N2O5P2. The van der Waals surface area contributed by atoms with Gasteiger partial charge >= 0.3 is 17.1 Å². The topological polar surface area (TPSA) is 63.6 Å². The Hall–Kier alpha value is -4.90. The maximum atomic E-state index is 12.8. The van der Waals surface area contributed by atoms with Gasteiger partial charge in [-0.1, -0.05) is 200 Å². The largest absolute Gasteiger partial charge is 0.507 e. The van der Waals surface area contributed by atoms with E-state index in [1.54, 1.807) is 0 Å². The molecule has 400 valence electrons. The third-order valence-corrected chi connectivity index (χ3v) is 17.4. The molecule has 6 aliphatic rings. The first-order valence-corrected chi connectivity index (χ1v) is 29.2. The van der Waals surface area contributed by atoms with Gasteiger partial charge in [0.15, 0.2) is 0 Å². The van der Waals surface area contributed by atoms with Gasteiger partial charge in [-0.3, -0.25) is 0 Å². The van der Waals surface area contributed by atoms with Gasteiger partial charge in [-0.15, -0.1) is 0 Å². The van der Waals surface area contributed by atoms with E-state index < -0.39 is 17.1 Å². The first-order valence-electron chi connectivity index (χ1n) is 26.9. The highest BCUT2D eigenvalue weighted by molar-refractivity contribution is 7.45. The lowest BCUT2D eigenvalue weighted by Crippen LogP contribution is -2.21. The van der Waals surface area contributed by atoms with Crippen molar-refractivity contribution in [1.82, 2.24) is 9.34 Å². The molecule has 1 N–H and O–H groups in total. The summed E-state index contributed by atoms with van der Waals surface area (Å²) in [5.74, 6) is 3.73. The zero-order valence-corrected chi connectivity index (χ0v) is 50.9. The molecule has 5 aliphatic heterocycles. The molecule has 14 bridgehead atoms. The fraction of sp³-hybridized carbons (Fsp3) is 0.455. The van der Waals surface area contributed by atoms with E-state index in [2.05, 4.69) is 193 Å². The van der Waals surface area contributed by atoms with Crippen LogP contribution in [-0.2, 0) is 59.2 Å². The van der Waals surface area contributed by atoms with E-state index in [-0.39, 0.29) is 27.1 Å². The number of aromatic hydroxyl groups is 1. The minimum absolute atomic E-state index is 0.144. The van der Waals surface area contributed by atoms with E-state index in [1.807, 2.05) is 46.4 Å². The molecule has 0 saturated carbocycles. The van der Waals surface area contributed by atoms with E-state index in [0.717, 1.165) is 78.6 Å². The summed E-state index contributed by atoms with van der Waals surface area (Å²) in [5.41, 5.74) is 17.3. The summed E-state index contributed by atoms with van der Waals surface area (Å²) in [6, 6.07) is 33.6. The van der Waals surface area contributed by atoms with Crippen LogP contribution < -0.4 is 18.1 Å².